The van der Waals surface area contributed by atoms with Crippen LogP contribution in [0.2, 0.25) is 0 Å². The Morgan fingerprint density at radius 2 is 1.78 bits per heavy atom. The van der Waals surface area contributed by atoms with Gasteiger partial charge in [0.15, 0.2) is 0 Å². The molecule has 0 aliphatic heterocycles. The van der Waals surface area contributed by atoms with E-state index in [2.05, 4.69) is 0 Å². The highest BCUT2D eigenvalue weighted by atomic mass is 19.3. The summed E-state index contributed by atoms with van der Waals surface area (Å²) in [5.41, 5.74) is -1.31. The summed E-state index contributed by atoms with van der Waals surface area (Å²) < 4.78 is 49.0. The maximum atomic E-state index is 12.6. The lowest BCUT2D eigenvalue weighted by molar-refractivity contribution is -0.170. The Morgan fingerprint density at radius 1 is 1.28 bits per heavy atom. The number of amides is 1. The number of nitrogens with one attached hydrogen (secondary N) is 1. The van der Waals surface area contributed by atoms with E-state index in [0.29, 0.717) is 12.8 Å². The van der Waals surface area contributed by atoms with Crippen molar-refractivity contribution < 1.29 is 32.3 Å². The molecule has 18 heavy (non-hydrogen) atoms. The molecular weight excluding hydrogens is 258 g/mol. The first-order chi connectivity index (χ1) is 8.22. The van der Waals surface area contributed by atoms with E-state index < -0.39 is 36.2 Å². The average molecular weight is 271 g/mol. The second-order valence-corrected chi connectivity index (χ2v) is 4.40. The van der Waals surface area contributed by atoms with E-state index in [0.717, 1.165) is 0 Å². The molecule has 104 valence electrons. The molecule has 2 N–H and O–H groups in total. The van der Waals surface area contributed by atoms with Gasteiger partial charge in [-0.05, 0) is 12.8 Å². The van der Waals surface area contributed by atoms with Crippen molar-refractivity contribution in [2.75, 3.05) is 6.54 Å². The molecule has 0 saturated heterocycles. The SMILES string of the molecule is O=C(O)C1(CNC(=O)C(F)(F)C(F)F)CCCC1. The van der Waals surface area contributed by atoms with Crippen LogP contribution in [0, 0.1) is 5.41 Å². The van der Waals surface area contributed by atoms with Gasteiger partial charge in [0.2, 0.25) is 0 Å². The van der Waals surface area contributed by atoms with Gasteiger partial charge in [-0.15, -0.1) is 0 Å². The Hall–Kier alpha value is -1.34. The number of halogens is 4. The molecule has 0 aromatic heterocycles. The minimum absolute atomic E-state index is 0.239. The number of carbonyl (C=O) groups excluding carboxylic acids is 1. The minimum Gasteiger partial charge on any atom is -0.481 e. The predicted octanol–water partition coefficient (Wildman–Crippen LogP) is 1.65. The summed E-state index contributed by atoms with van der Waals surface area (Å²) in [4.78, 5) is 21.9. The summed E-state index contributed by atoms with van der Waals surface area (Å²) in [6, 6.07) is 0. The predicted molar refractivity (Wildman–Crippen MR) is 52.5 cm³/mol. The lowest BCUT2D eigenvalue weighted by Gasteiger charge is -2.25. The van der Waals surface area contributed by atoms with Gasteiger partial charge < -0.3 is 10.4 Å². The van der Waals surface area contributed by atoms with E-state index in [1.165, 1.54) is 0 Å². The highest BCUT2D eigenvalue weighted by Gasteiger charge is 2.50. The van der Waals surface area contributed by atoms with Crippen LogP contribution in [0.4, 0.5) is 17.6 Å². The van der Waals surface area contributed by atoms with Crippen LogP contribution in [0.15, 0.2) is 0 Å². The van der Waals surface area contributed by atoms with Gasteiger partial charge in [0, 0.05) is 6.54 Å². The van der Waals surface area contributed by atoms with Gasteiger partial charge in [-0.1, -0.05) is 12.8 Å². The molecule has 1 aliphatic rings. The number of carbonyl (C=O) groups is 2. The third kappa shape index (κ3) is 2.73. The molecule has 0 radical (unpaired) electrons. The summed E-state index contributed by atoms with van der Waals surface area (Å²) in [5, 5.41) is 10.6. The van der Waals surface area contributed by atoms with Crippen LogP contribution in [0.25, 0.3) is 0 Å². The Morgan fingerprint density at radius 3 is 2.17 bits per heavy atom. The zero-order chi connectivity index (χ0) is 14.0. The normalized spacial score (nSPS) is 18.9. The molecule has 4 nitrogen and oxygen atoms in total. The fourth-order valence-electron chi connectivity index (χ4n) is 1.98. The van der Waals surface area contributed by atoms with Crippen molar-refractivity contribution in [2.45, 2.75) is 38.0 Å². The Balaban J connectivity index is 2.64. The number of rotatable bonds is 5. The van der Waals surface area contributed by atoms with Crippen LogP contribution in [0.5, 0.6) is 0 Å². The van der Waals surface area contributed by atoms with Crippen molar-refractivity contribution in [1.82, 2.24) is 5.32 Å². The molecule has 0 bridgehead atoms. The second kappa shape index (κ2) is 5.11. The molecule has 1 fully saturated rings. The van der Waals surface area contributed by atoms with Crippen LogP contribution in [-0.4, -0.2) is 35.9 Å². The van der Waals surface area contributed by atoms with E-state index in [1.807, 2.05) is 0 Å². The van der Waals surface area contributed by atoms with Crippen LogP contribution >= 0.6 is 0 Å². The van der Waals surface area contributed by atoms with Crippen molar-refractivity contribution in [2.24, 2.45) is 5.41 Å². The zero-order valence-electron chi connectivity index (χ0n) is 9.39. The zero-order valence-corrected chi connectivity index (χ0v) is 9.39. The van der Waals surface area contributed by atoms with Gasteiger partial charge >= 0.3 is 18.3 Å². The molecule has 1 aliphatic carbocycles. The molecular formula is C10H13F4NO3. The highest BCUT2D eigenvalue weighted by Crippen LogP contribution is 2.38. The largest absolute Gasteiger partial charge is 0.481 e. The van der Waals surface area contributed by atoms with Gasteiger partial charge in [-0.2, -0.15) is 8.78 Å². The summed E-state index contributed by atoms with van der Waals surface area (Å²) in [7, 11) is 0. The standard InChI is InChI=1S/C10H13F4NO3/c11-6(12)10(13,14)7(16)15-5-9(8(17)18)3-1-2-4-9/h6H,1-5H2,(H,15,16)(H,17,18). The number of hydrogen-bond acceptors (Lipinski definition) is 2. The lowest BCUT2D eigenvalue weighted by Crippen LogP contribution is -2.49. The average Bonchev–Trinajstić information content (AvgIpc) is 2.75. The van der Waals surface area contributed by atoms with E-state index in [1.54, 1.807) is 5.32 Å². The van der Waals surface area contributed by atoms with Gasteiger partial charge in [0.05, 0.1) is 5.41 Å². The second-order valence-electron chi connectivity index (χ2n) is 4.40. The van der Waals surface area contributed by atoms with Gasteiger partial charge in [-0.3, -0.25) is 9.59 Å². The molecule has 0 aromatic rings. The van der Waals surface area contributed by atoms with Crippen molar-refractivity contribution in [3.8, 4) is 0 Å². The summed E-state index contributed by atoms with van der Waals surface area (Å²) in [6.07, 6.45) is -2.42. The summed E-state index contributed by atoms with van der Waals surface area (Å²) in [5.74, 6) is -8.14. The fourth-order valence-corrected chi connectivity index (χ4v) is 1.98. The van der Waals surface area contributed by atoms with Crippen molar-refractivity contribution in [1.29, 1.82) is 0 Å². The van der Waals surface area contributed by atoms with E-state index in [9.17, 15) is 27.2 Å². The van der Waals surface area contributed by atoms with Gasteiger partial charge in [0.1, 0.15) is 0 Å². The van der Waals surface area contributed by atoms with E-state index in [4.69, 9.17) is 5.11 Å². The molecule has 1 rings (SSSR count). The Kier molecular flexibility index (Phi) is 4.18. The van der Waals surface area contributed by atoms with Crippen molar-refractivity contribution in [3.05, 3.63) is 0 Å². The fraction of sp³-hybridized carbons (Fsp3) is 0.800. The van der Waals surface area contributed by atoms with Gasteiger partial charge in [-0.25, -0.2) is 8.78 Å². The lowest BCUT2D eigenvalue weighted by atomic mass is 9.86. The smallest absolute Gasteiger partial charge is 0.383 e. The maximum Gasteiger partial charge on any atom is 0.383 e. The first-order valence-corrected chi connectivity index (χ1v) is 5.40. The summed E-state index contributed by atoms with van der Waals surface area (Å²) >= 11 is 0. The maximum absolute atomic E-state index is 12.6. The van der Waals surface area contributed by atoms with Crippen LogP contribution < -0.4 is 5.32 Å². The molecule has 0 unspecified atom stereocenters. The van der Waals surface area contributed by atoms with Crippen LogP contribution in [0.3, 0.4) is 0 Å². The molecule has 8 heteroatoms. The third-order valence-electron chi connectivity index (χ3n) is 3.18. The Bertz CT molecular complexity index is 340. The number of carboxylic acids is 1. The van der Waals surface area contributed by atoms with Gasteiger partial charge in [0.25, 0.3) is 5.91 Å². The Labute approximate surface area is 100 Å². The number of alkyl halides is 4. The number of carboxylic acid groups (broad SMARTS) is 1. The number of hydrogen-bond donors (Lipinski definition) is 2. The van der Waals surface area contributed by atoms with Crippen molar-refractivity contribution in [3.63, 3.8) is 0 Å². The molecule has 1 amide bonds. The highest BCUT2D eigenvalue weighted by molar-refractivity contribution is 5.85. The van der Waals surface area contributed by atoms with Crippen molar-refractivity contribution >= 4 is 11.9 Å². The monoisotopic (exact) mass is 271 g/mol. The topological polar surface area (TPSA) is 66.4 Å². The van der Waals surface area contributed by atoms with Crippen LogP contribution in [0.1, 0.15) is 25.7 Å². The molecule has 0 aromatic carbocycles. The third-order valence-corrected chi connectivity index (χ3v) is 3.18. The first-order valence-electron chi connectivity index (χ1n) is 5.40. The molecule has 1 saturated carbocycles. The van der Waals surface area contributed by atoms with E-state index in [-0.39, 0.29) is 12.8 Å². The minimum atomic E-state index is -4.79. The van der Waals surface area contributed by atoms with E-state index >= 15 is 0 Å². The van der Waals surface area contributed by atoms with Crippen LogP contribution in [-0.2, 0) is 9.59 Å². The summed E-state index contributed by atoms with van der Waals surface area (Å²) in [6.45, 7) is -0.552. The molecule has 0 heterocycles. The first kappa shape index (κ1) is 14.7. The quantitative estimate of drug-likeness (QED) is 0.747. The molecule has 0 atom stereocenters. The number of aliphatic carboxylic acids is 1. The molecule has 0 spiro atoms.